The van der Waals surface area contributed by atoms with Crippen LogP contribution in [0.1, 0.15) is 25.0 Å². The van der Waals surface area contributed by atoms with Crippen LogP contribution in [0.2, 0.25) is 0 Å². The molecule has 0 radical (unpaired) electrons. The maximum Gasteiger partial charge on any atom is 0.240 e. The number of aromatic nitrogens is 3. The van der Waals surface area contributed by atoms with E-state index in [0.717, 1.165) is 16.9 Å². The zero-order valence-electron chi connectivity index (χ0n) is 16.1. The van der Waals surface area contributed by atoms with Crippen molar-refractivity contribution < 1.29 is 4.79 Å². The molecule has 0 bridgehead atoms. The van der Waals surface area contributed by atoms with Gasteiger partial charge in [0.05, 0.1) is 10.9 Å². The Kier molecular flexibility index (Phi) is 5.96. The summed E-state index contributed by atoms with van der Waals surface area (Å²) in [6, 6.07) is 16.0. The molecule has 1 amide bonds. The Labute approximate surface area is 164 Å². The van der Waals surface area contributed by atoms with Crippen molar-refractivity contribution in [3.05, 3.63) is 66.0 Å². The van der Waals surface area contributed by atoms with E-state index < -0.39 is 0 Å². The third-order valence-electron chi connectivity index (χ3n) is 4.41. The average molecular weight is 381 g/mol. The second-order valence-corrected chi connectivity index (χ2v) is 7.76. The normalized spacial score (nSPS) is 12.0. The van der Waals surface area contributed by atoms with Gasteiger partial charge in [-0.2, -0.15) is 0 Å². The number of rotatable bonds is 6. The lowest BCUT2D eigenvalue weighted by Crippen LogP contribution is -2.36. The number of hydrogen-bond acceptors (Lipinski definition) is 4. The van der Waals surface area contributed by atoms with E-state index in [0.29, 0.717) is 11.7 Å². The Morgan fingerprint density at radius 3 is 2.59 bits per heavy atom. The molecule has 27 heavy (non-hydrogen) atoms. The van der Waals surface area contributed by atoms with Crippen LogP contribution in [-0.2, 0) is 4.79 Å². The number of amides is 1. The fourth-order valence-corrected chi connectivity index (χ4v) is 3.94. The molecule has 2 aromatic carbocycles. The van der Waals surface area contributed by atoms with E-state index in [1.54, 1.807) is 11.2 Å². The lowest BCUT2D eigenvalue weighted by atomic mass is 10.1. The van der Waals surface area contributed by atoms with Gasteiger partial charge in [-0.25, -0.2) is 0 Å². The van der Waals surface area contributed by atoms with E-state index in [2.05, 4.69) is 42.2 Å². The van der Waals surface area contributed by atoms with Gasteiger partial charge in [-0.1, -0.05) is 47.7 Å². The van der Waals surface area contributed by atoms with Gasteiger partial charge in [0.25, 0.3) is 0 Å². The van der Waals surface area contributed by atoms with E-state index >= 15 is 0 Å². The van der Waals surface area contributed by atoms with Crippen LogP contribution in [0.25, 0.3) is 5.69 Å². The molecular formula is C21H24N4OS. The Hall–Kier alpha value is -2.60. The van der Waals surface area contributed by atoms with E-state index in [1.807, 2.05) is 48.7 Å². The third-order valence-corrected chi connectivity index (χ3v) is 5.45. The van der Waals surface area contributed by atoms with E-state index in [9.17, 15) is 4.79 Å². The third kappa shape index (κ3) is 4.22. The second-order valence-electron chi connectivity index (χ2n) is 6.45. The summed E-state index contributed by atoms with van der Waals surface area (Å²) >= 11 is 1.43. The number of carbonyl (C=O) groups excluding carboxylic acids is 1. The summed E-state index contributed by atoms with van der Waals surface area (Å²) in [5, 5.41) is 8.74. The molecule has 0 aliphatic rings. The van der Waals surface area contributed by atoms with E-state index in [-0.39, 0.29) is 11.2 Å². The topological polar surface area (TPSA) is 51.0 Å². The predicted octanol–water partition coefficient (Wildman–Crippen LogP) is 4.42. The van der Waals surface area contributed by atoms with E-state index in [4.69, 9.17) is 0 Å². The molecule has 5 nitrogen and oxygen atoms in total. The first-order chi connectivity index (χ1) is 13.0. The molecule has 0 fully saturated rings. The number of anilines is 1. The summed E-state index contributed by atoms with van der Waals surface area (Å²) in [5.74, 6) is 0.0591. The Morgan fingerprint density at radius 1 is 1.19 bits per heavy atom. The lowest BCUT2D eigenvalue weighted by Gasteiger charge is -2.24. The van der Waals surface area contributed by atoms with Crippen LogP contribution in [0.4, 0.5) is 5.69 Å². The summed E-state index contributed by atoms with van der Waals surface area (Å²) < 4.78 is 1.95. The quantitative estimate of drug-likeness (QED) is 0.594. The van der Waals surface area contributed by atoms with Gasteiger partial charge >= 0.3 is 0 Å². The van der Waals surface area contributed by atoms with Gasteiger partial charge in [0.1, 0.15) is 6.33 Å². The van der Waals surface area contributed by atoms with Gasteiger partial charge < -0.3 is 4.90 Å². The maximum absolute atomic E-state index is 13.0. The van der Waals surface area contributed by atoms with Crippen molar-refractivity contribution in [1.82, 2.24) is 14.8 Å². The summed E-state index contributed by atoms with van der Waals surface area (Å²) in [4.78, 5) is 14.8. The van der Waals surface area contributed by atoms with Crippen molar-refractivity contribution in [1.29, 1.82) is 0 Å². The van der Waals surface area contributed by atoms with Gasteiger partial charge in [0.15, 0.2) is 5.16 Å². The molecule has 0 aliphatic carbocycles. The highest BCUT2D eigenvalue weighted by molar-refractivity contribution is 8.00. The molecule has 1 aromatic heterocycles. The highest BCUT2D eigenvalue weighted by Crippen LogP contribution is 2.27. The smallest absolute Gasteiger partial charge is 0.240 e. The molecule has 3 aromatic rings. The number of carbonyl (C=O) groups is 1. The van der Waals surface area contributed by atoms with Gasteiger partial charge in [0, 0.05) is 12.2 Å². The molecule has 0 saturated carbocycles. The number of thioether (sulfide) groups is 1. The number of hydrogen-bond donors (Lipinski definition) is 0. The van der Waals surface area contributed by atoms with Crippen LogP contribution in [0.15, 0.2) is 60.0 Å². The number of aryl methyl sites for hydroxylation is 2. The van der Waals surface area contributed by atoms with Crippen LogP contribution in [0, 0.1) is 13.8 Å². The number of para-hydroxylation sites is 1. The monoisotopic (exact) mass is 380 g/mol. The molecule has 1 atom stereocenters. The fourth-order valence-electron chi connectivity index (χ4n) is 3.05. The SMILES string of the molecule is CCN(C(=O)C(C)Sc1nncn1-c1ccc(C)cc1C)c1ccccc1. The van der Waals surface area contributed by atoms with Gasteiger partial charge in [0.2, 0.25) is 5.91 Å². The number of benzene rings is 2. The zero-order valence-corrected chi connectivity index (χ0v) is 16.9. The minimum absolute atomic E-state index is 0.0591. The van der Waals surface area contributed by atoms with Crippen LogP contribution in [0.5, 0.6) is 0 Å². The molecular weight excluding hydrogens is 356 g/mol. The second kappa shape index (κ2) is 8.39. The van der Waals surface area contributed by atoms with E-state index in [1.165, 1.54) is 17.3 Å². The van der Waals surface area contributed by atoms with Gasteiger partial charge in [-0.3, -0.25) is 9.36 Å². The highest BCUT2D eigenvalue weighted by Gasteiger charge is 2.24. The summed E-state index contributed by atoms with van der Waals surface area (Å²) in [6.07, 6.45) is 1.70. The minimum atomic E-state index is -0.279. The Bertz CT molecular complexity index is 923. The first-order valence-corrected chi connectivity index (χ1v) is 9.90. The summed E-state index contributed by atoms with van der Waals surface area (Å²) in [6.45, 7) is 8.67. The number of nitrogens with zero attached hydrogens (tertiary/aromatic N) is 4. The zero-order chi connectivity index (χ0) is 19.4. The molecule has 1 unspecified atom stereocenters. The molecule has 140 valence electrons. The van der Waals surface area contributed by atoms with Crippen molar-refractivity contribution in [2.75, 3.05) is 11.4 Å². The fraction of sp³-hybridized carbons (Fsp3) is 0.286. The molecule has 0 aliphatic heterocycles. The maximum atomic E-state index is 13.0. The molecule has 0 N–H and O–H groups in total. The summed E-state index contributed by atoms with van der Waals surface area (Å²) in [7, 11) is 0. The van der Waals surface area contributed by atoms with Crippen molar-refractivity contribution in [3.8, 4) is 5.69 Å². The lowest BCUT2D eigenvalue weighted by molar-refractivity contribution is -0.117. The molecule has 6 heteroatoms. The van der Waals surface area contributed by atoms with Gasteiger partial charge in [-0.05, 0) is 51.5 Å². The van der Waals surface area contributed by atoms with Crippen molar-refractivity contribution in [2.45, 2.75) is 38.1 Å². The van der Waals surface area contributed by atoms with Crippen molar-refractivity contribution >= 4 is 23.4 Å². The van der Waals surface area contributed by atoms with Crippen LogP contribution >= 0.6 is 11.8 Å². The Morgan fingerprint density at radius 2 is 1.93 bits per heavy atom. The largest absolute Gasteiger partial charge is 0.312 e. The first kappa shape index (κ1) is 19.2. The minimum Gasteiger partial charge on any atom is -0.312 e. The van der Waals surface area contributed by atoms with Crippen LogP contribution < -0.4 is 4.90 Å². The molecule has 0 saturated heterocycles. The standard InChI is InChI=1S/C21H24N4OS/c1-5-24(18-9-7-6-8-10-18)20(26)17(4)27-21-23-22-14-25(21)19-12-11-15(2)13-16(19)3/h6-14,17H,5H2,1-4H3. The van der Waals surface area contributed by atoms with Crippen molar-refractivity contribution in [2.24, 2.45) is 0 Å². The summed E-state index contributed by atoms with van der Waals surface area (Å²) in [5.41, 5.74) is 4.30. The predicted molar refractivity (Wildman–Crippen MR) is 111 cm³/mol. The highest BCUT2D eigenvalue weighted by atomic mass is 32.2. The Balaban J connectivity index is 1.81. The van der Waals surface area contributed by atoms with Gasteiger partial charge in [-0.15, -0.1) is 10.2 Å². The molecule has 3 rings (SSSR count). The average Bonchev–Trinajstić information content (AvgIpc) is 3.11. The first-order valence-electron chi connectivity index (χ1n) is 9.02. The molecule has 0 spiro atoms. The molecule has 1 heterocycles. The van der Waals surface area contributed by atoms with Crippen LogP contribution in [-0.4, -0.2) is 32.5 Å². The van der Waals surface area contributed by atoms with Crippen molar-refractivity contribution in [3.63, 3.8) is 0 Å². The van der Waals surface area contributed by atoms with Crippen LogP contribution in [0.3, 0.4) is 0 Å².